The van der Waals surface area contributed by atoms with Gasteiger partial charge in [-0.05, 0) is 80.4 Å². The first-order chi connectivity index (χ1) is 22.4. The summed E-state index contributed by atoms with van der Waals surface area (Å²) in [5.41, 5.74) is 2.28. The number of unbranched alkanes of at least 4 members (excludes halogenated alkanes) is 10. The molecule has 7 nitrogen and oxygen atoms in total. The van der Waals surface area contributed by atoms with Crippen LogP contribution in [0.25, 0.3) is 0 Å². The average Bonchev–Trinajstić information content (AvgIpc) is 3.74. The summed E-state index contributed by atoms with van der Waals surface area (Å²) in [6.07, 6.45) is 17.5. The first-order valence-corrected chi connectivity index (χ1v) is 18.8. The van der Waals surface area contributed by atoms with E-state index in [0.717, 1.165) is 38.0 Å². The predicted molar refractivity (Wildman–Crippen MR) is 191 cm³/mol. The minimum absolute atomic E-state index is 0.0157. The molecule has 46 heavy (non-hydrogen) atoms. The van der Waals surface area contributed by atoms with Crippen LogP contribution in [0.4, 0.5) is 0 Å². The molecule has 0 saturated carbocycles. The molecule has 1 aliphatic heterocycles. The highest BCUT2D eigenvalue weighted by Gasteiger charge is 2.23. The summed E-state index contributed by atoms with van der Waals surface area (Å²) in [4.78, 5) is 34.9. The van der Waals surface area contributed by atoms with Crippen LogP contribution in [0.3, 0.4) is 0 Å². The van der Waals surface area contributed by atoms with Gasteiger partial charge in [0.1, 0.15) is 0 Å². The van der Waals surface area contributed by atoms with E-state index in [2.05, 4.69) is 30.2 Å². The zero-order valence-corrected chi connectivity index (χ0v) is 30.1. The third-order valence-electron chi connectivity index (χ3n) is 9.33. The first kappa shape index (κ1) is 37.9. The van der Waals surface area contributed by atoms with Crippen molar-refractivity contribution in [2.75, 3.05) is 53.5 Å². The number of amides is 2. The van der Waals surface area contributed by atoms with Crippen molar-refractivity contribution in [3.05, 3.63) is 45.6 Å². The predicted octanol–water partition coefficient (Wildman–Crippen LogP) is 8.27. The topological polar surface area (TPSA) is 62.3 Å². The third kappa shape index (κ3) is 13.6. The van der Waals surface area contributed by atoms with Crippen LogP contribution in [-0.4, -0.2) is 80.0 Å². The van der Waals surface area contributed by atoms with E-state index in [4.69, 9.17) is 9.47 Å². The molecule has 0 aliphatic carbocycles. The Morgan fingerprint density at radius 1 is 0.804 bits per heavy atom. The van der Waals surface area contributed by atoms with Gasteiger partial charge in [0.15, 0.2) is 11.5 Å². The molecule has 1 saturated heterocycles. The van der Waals surface area contributed by atoms with Crippen LogP contribution in [-0.2, 0) is 22.6 Å². The quantitative estimate of drug-likeness (QED) is 0.107. The SMILES string of the molecule is CCCCCCCCCCCCCC(=O)N(CCN1CCCC1)CC(=O)N(CCc1ccc(OC)c(OC)c1)Cc1sccc1C. The van der Waals surface area contributed by atoms with Crippen molar-refractivity contribution in [3.63, 3.8) is 0 Å². The van der Waals surface area contributed by atoms with E-state index in [-0.39, 0.29) is 18.4 Å². The molecule has 1 aliphatic rings. The van der Waals surface area contributed by atoms with E-state index in [1.165, 1.54) is 81.1 Å². The van der Waals surface area contributed by atoms with Gasteiger partial charge in [0, 0.05) is 30.9 Å². The molecule has 8 heteroatoms. The van der Waals surface area contributed by atoms with Crippen molar-refractivity contribution in [1.82, 2.24) is 14.7 Å². The molecule has 0 unspecified atom stereocenters. The number of aryl methyl sites for hydroxylation is 1. The van der Waals surface area contributed by atoms with E-state index in [9.17, 15) is 9.59 Å². The normalized spacial score (nSPS) is 13.2. The second-order valence-electron chi connectivity index (χ2n) is 12.9. The van der Waals surface area contributed by atoms with Gasteiger partial charge < -0.3 is 24.2 Å². The van der Waals surface area contributed by atoms with Crippen molar-refractivity contribution < 1.29 is 19.1 Å². The lowest BCUT2D eigenvalue weighted by Crippen LogP contribution is -2.45. The van der Waals surface area contributed by atoms with Gasteiger partial charge in [0.05, 0.1) is 27.3 Å². The maximum Gasteiger partial charge on any atom is 0.242 e. The standard InChI is InChI=1S/C38H61N3O4S/c1-5-6-7-8-9-10-11-12-13-14-15-18-37(42)41(27-26-39-23-16-17-24-39)31-38(43)40(30-36-32(2)22-28-46-36)25-21-33-19-20-34(44-3)35(29-33)45-4/h19-20,22,28-29H,5-18,21,23-27,30-31H2,1-4H3. The fraction of sp³-hybridized carbons (Fsp3) is 0.684. The largest absolute Gasteiger partial charge is 0.493 e. The number of likely N-dealkylation sites (tertiary alicyclic amines) is 1. The Bertz CT molecular complexity index is 1150. The van der Waals surface area contributed by atoms with Crippen LogP contribution in [0.1, 0.15) is 113 Å². The number of hydrogen-bond donors (Lipinski definition) is 0. The van der Waals surface area contributed by atoms with Gasteiger partial charge in [-0.3, -0.25) is 9.59 Å². The van der Waals surface area contributed by atoms with Crippen LogP contribution in [0.15, 0.2) is 29.6 Å². The molecule has 0 N–H and O–H groups in total. The van der Waals surface area contributed by atoms with Crippen molar-refractivity contribution in [2.24, 2.45) is 0 Å². The number of nitrogens with zero attached hydrogens (tertiary/aromatic N) is 3. The molecule has 0 atom stereocenters. The fourth-order valence-electron chi connectivity index (χ4n) is 6.25. The Balaban J connectivity index is 1.57. The van der Waals surface area contributed by atoms with Crippen LogP contribution >= 0.6 is 11.3 Å². The van der Waals surface area contributed by atoms with Crippen molar-refractivity contribution in [2.45, 2.75) is 117 Å². The molecule has 0 spiro atoms. The molecule has 0 bridgehead atoms. The van der Waals surface area contributed by atoms with Gasteiger partial charge >= 0.3 is 0 Å². The first-order valence-electron chi connectivity index (χ1n) is 18.0. The second-order valence-corrected chi connectivity index (χ2v) is 13.9. The summed E-state index contributed by atoms with van der Waals surface area (Å²) in [7, 11) is 3.27. The summed E-state index contributed by atoms with van der Waals surface area (Å²) in [5, 5.41) is 2.08. The number of carbonyl (C=O) groups is 2. The summed E-state index contributed by atoms with van der Waals surface area (Å²) >= 11 is 1.69. The lowest BCUT2D eigenvalue weighted by molar-refractivity contribution is -0.141. The van der Waals surface area contributed by atoms with Gasteiger partial charge in [-0.15, -0.1) is 11.3 Å². The molecule has 1 aromatic heterocycles. The zero-order valence-electron chi connectivity index (χ0n) is 29.3. The number of carbonyl (C=O) groups excluding carboxylic acids is 2. The molecule has 0 radical (unpaired) electrons. The molecule has 2 aromatic rings. The fourth-order valence-corrected chi connectivity index (χ4v) is 7.17. The molecule has 2 heterocycles. The Morgan fingerprint density at radius 2 is 1.46 bits per heavy atom. The number of thiophene rings is 1. The Kier molecular flexibility index (Phi) is 18.2. The maximum atomic E-state index is 14.0. The monoisotopic (exact) mass is 655 g/mol. The number of rotatable bonds is 24. The minimum atomic E-state index is 0.0157. The van der Waals surface area contributed by atoms with Crippen LogP contribution in [0.2, 0.25) is 0 Å². The summed E-state index contributed by atoms with van der Waals surface area (Å²) in [6, 6.07) is 8.03. The molecule has 258 valence electrons. The summed E-state index contributed by atoms with van der Waals surface area (Å²) < 4.78 is 10.9. The van der Waals surface area contributed by atoms with Gasteiger partial charge in [0.25, 0.3) is 0 Å². The highest BCUT2D eigenvalue weighted by Crippen LogP contribution is 2.28. The van der Waals surface area contributed by atoms with Gasteiger partial charge in [-0.25, -0.2) is 0 Å². The number of ether oxygens (including phenoxy) is 2. The maximum absolute atomic E-state index is 14.0. The van der Waals surface area contributed by atoms with Crippen LogP contribution in [0.5, 0.6) is 11.5 Å². The van der Waals surface area contributed by atoms with E-state index < -0.39 is 0 Å². The zero-order chi connectivity index (χ0) is 33.0. The highest BCUT2D eigenvalue weighted by molar-refractivity contribution is 7.10. The highest BCUT2D eigenvalue weighted by atomic mass is 32.1. The van der Waals surface area contributed by atoms with E-state index in [0.29, 0.717) is 44.0 Å². The van der Waals surface area contributed by atoms with Gasteiger partial charge in [-0.1, -0.05) is 77.2 Å². The molecule has 3 rings (SSSR count). The Hall–Kier alpha value is -2.58. The summed E-state index contributed by atoms with van der Waals surface area (Å²) in [6.45, 7) is 9.26. The molecule has 2 amide bonds. The lowest BCUT2D eigenvalue weighted by atomic mass is 10.1. The minimum Gasteiger partial charge on any atom is -0.493 e. The number of benzene rings is 1. The van der Waals surface area contributed by atoms with Crippen molar-refractivity contribution in [1.29, 1.82) is 0 Å². The lowest BCUT2D eigenvalue weighted by Gasteiger charge is -2.29. The Labute approximate surface area is 283 Å². The van der Waals surface area contributed by atoms with Gasteiger partial charge in [0.2, 0.25) is 11.8 Å². The average molecular weight is 656 g/mol. The Morgan fingerprint density at radius 3 is 2.07 bits per heavy atom. The number of methoxy groups -OCH3 is 2. The molecule has 1 fully saturated rings. The van der Waals surface area contributed by atoms with Crippen LogP contribution < -0.4 is 9.47 Å². The summed E-state index contributed by atoms with van der Waals surface area (Å²) in [5.74, 6) is 1.52. The van der Waals surface area contributed by atoms with Crippen LogP contribution in [0, 0.1) is 6.92 Å². The second kappa shape index (κ2) is 22.1. The van der Waals surface area contributed by atoms with Gasteiger partial charge in [-0.2, -0.15) is 0 Å². The van der Waals surface area contributed by atoms with E-state index in [1.54, 1.807) is 25.6 Å². The van der Waals surface area contributed by atoms with Crippen molar-refractivity contribution in [3.8, 4) is 11.5 Å². The smallest absolute Gasteiger partial charge is 0.242 e. The third-order valence-corrected chi connectivity index (χ3v) is 10.3. The van der Waals surface area contributed by atoms with Crippen molar-refractivity contribution >= 4 is 23.2 Å². The molecular formula is C38H61N3O4S. The molecular weight excluding hydrogens is 595 g/mol. The molecule has 1 aromatic carbocycles. The number of hydrogen-bond acceptors (Lipinski definition) is 6. The van der Waals surface area contributed by atoms with E-state index in [1.807, 2.05) is 28.0 Å². The van der Waals surface area contributed by atoms with E-state index >= 15 is 0 Å².